The van der Waals surface area contributed by atoms with Crippen LogP contribution in [0.5, 0.6) is 0 Å². The number of rotatable bonds is 2. The van der Waals surface area contributed by atoms with Gasteiger partial charge in [0, 0.05) is 8.59 Å². The van der Waals surface area contributed by atoms with Gasteiger partial charge in [-0.1, -0.05) is 35.9 Å². The Hall–Kier alpha value is -1.40. The molecule has 1 aliphatic rings. The first-order valence-electron chi connectivity index (χ1n) is 5.97. The van der Waals surface area contributed by atoms with E-state index in [0.29, 0.717) is 16.1 Å². The Labute approximate surface area is 134 Å². The van der Waals surface area contributed by atoms with Gasteiger partial charge >= 0.3 is 0 Å². The van der Waals surface area contributed by atoms with Crippen LogP contribution in [0.15, 0.2) is 42.5 Å². The first-order valence-corrected chi connectivity index (χ1v) is 7.43. The third-order valence-electron chi connectivity index (χ3n) is 3.23. The molecule has 3 rings (SSSR count). The average Bonchev–Trinajstić information content (AvgIpc) is 2.67. The van der Waals surface area contributed by atoms with E-state index >= 15 is 0 Å². The van der Waals surface area contributed by atoms with Crippen LogP contribution in [0.25, 0.3) is 0 Å². The number of imide groups is 1. The summed E-state index contributed by atoms with van der Waals surface area (Å²) in [6, 6.07) is 12.5. The van der Waals surface area contributed by atoms with Crippen molar-refractivity contribution in [2.45, 2.75) is 6.54 Å². The van der Waals surface area contributed by atoms with Crippen LogP contribution >= 0.6 is 34.2 Å². The summed E-state index contributed by atoms with van der Waals surface area (Å²) in [5, 5.41) is 0.554. The van der Waals surface area contributed by atoms with Gasteiger partial charge in [0.25, 0.3) is 11.8 Å². The molecule has 0 radical (unpaired) electrons. The van der Waals surface area contributed by atoms with Gasteiger partial charge in [-0.15, -0.1) is 0 Å². The second-order valence-corrected chi connectivity index (χ2v) is 6.02. The Balaban J connectivity index is 1.99. The lowest BCUT2D eigenvalue weighted by Crippen LogP contribution is -2.29. The van der Waals surface area contributed by atoms with E-state index in [0.717, 1.165) is 9.13 Å². The van der Waals surface area contributed by atoms with Crippen LogP contribution in [0, 0.1) is 3.57 Å². The maximum atomic E-state index is 12.4. The van der Waals surface area contributed by atoms with E-state index in [9.17, 15) is 9.59 Å². The van der Waals surface area contributed by atoms with Gasteiger partial charge < -0.3 is 0 Å². The fourth-order valence-corrected chi connectivity index (χ4v) is 3.16. The normalized spacial score (nSPS) is 13.8. The van der Waals surface area contributed by atoms with E-state index in [1.54, 1.807) is 18.2 Å². The van der Waals surface area contributed by atoms with Gasteiger partial charge in [-0.25, -0.2) is 0 Å². The zero-order valence-corrected chi connectivity index (χ0v) is 13.2. The molecule has 0 spiro atoms. The van der Waals surface area contributed by atoms with Crippen molar-refractivity contribution in [2.75, 3.05) is 0 Å². The number of fused-ring (bicyclic) bond motifs is 1. The van der Waals surface area contributed by atoms with Crippen molar-refractivity contribution in [2.24, 2.45) is 0 Å². The molecule has 3 nitrogen and oxygen atoms in total. The van der Waals surface area contributed by atoms with Crippen molar-refractivity contribution < 1.29 is 9.59 Å². The van der Waals surface area contributed by atoms with Crippen molar-refractivity contribution >= 4 is 46.0 Å². The highest BCUT2D eigenvalue weighted by molar-refractivity contribution is 14.1. The summed E-state index contributed by atoms with van der Waals surface area (Å²) >= 11 is 8.16. The third kappa shape index (κ3) is 2.13. The Morgan fingerprint density at radius 2 is 1.75 bits per heavy atom. The van der Waals surface area contributed by atoms with Crippen molar-refractivity contribution in [1.82, 2.24) is 4.90 Å². The Morgan fingerprint density at radius 3 is 2.45 bits per heavy atom. The highest BCUT2D eigenvalue weighted by atomic mass is 127. The molecular weight excluding hydrogens is 389 g/mol. The SMILES string of the molecule is O=C1c2cccc(I)c2C(=O)N1Cc1ccccc1Cl. The molecule has 0 unspecified atom stereocenters. The Morgan fingerprint density at radius 1 is 1.00 bits per heavy atom. The smallest absolute Gasteiger partial charge is 0.262 e. The number of amides is 2. The third-order valence-corrected chi connectivity index (χ3v) is 4.50. The predicted molar refractivity (Wildman–Crippen MR) is 84.8 cm³/mol. The molecule has 0 saturated carbocycles. The zero-order chi connectivity index (χ0) is 14.3. The lowest BCUT2D eigenvalue weighted by Gasteiger charge is -2.14. The summed E-state index contributed by atoms with van der Waals surface area (Å²) in [5.41, 5.74) is 1.72. The fraction of sp³-hybridized carbons (Fsp3) is 0.0667. The lowest BCUT2D eigenvalue weighted by atomic mass is 10.1. The van der Waals surface area contributed by atoms with Crippen LogP contribution in [-0.2, 0) is 6.54 Å². The van der Waals surface area contributed by atoms with Crippen molar-refractivity contribution in [1.29, 1.82) is 0 Å². The maximum Gasteiger partial charge on any atom is 0.262 e. The molecule has 0 aliphatic carbocycles. The molecule has 0 fully saturated rings. The lowest BCUT2D eigenvalue weighted by molar-refractivity contribution is 0.0642. The van der Waals surface area contributed by atoms with Gasteiger partial charge in [0.2, 0.25) is 0 Å². The molecule has 0 bridgehead atoms. The number of nitrogens with zero attached hydrogens (tertiary/aromatic N) is 1. The van der Waals surface area contributed by atoms with Crippen LogP contribution in [0.2, 0.25) is 5.02 Å². The van der Waals surface area contributed by atoms with Crippen LogP contribution in [0.3, 0.4) is 0 Å². The Bertz CT molecular complexity index is 730. The van der Waals surface area contributed by atoms with E-state index in [4.69, 9.17) is 11.6 Å². The fourth-order valence-electron chi connectivity index (χ4n) is 2.23. The second kappa shape index (κ2) is 5.18. The minimum Gasteiger partial charge on any atom is -0.270 e. The van der Waals surface area contributed by atoms with E-state index in [1.165, 1.54) is 4.90 Å². The van der Waals surface area contributed by atoms with Gasteiger partial charge in [-0.3, -0.25) is 14.5 Å². The second-order valence-electron chi connectivity index (χ2n) is 4.45. The zero-order valence-electron chi connectivity index (χ0n) is 10.3. The van der Waals surface area contributed by atoms with Gasteiger partial charge in [-0.2, -0.15) is 0 Å². The quantitative estimate of drug-likeness (QED) is 0.572. The van der Waals surface area contributed by atoms with E-state index in [-0.39, 0.29) is 18.4 Å². The largest absolute Gasteiger partial charge is 0.270 e. The van der Waals surface area contributed by atoms with Crippen molar-refractivity contribution in [3.63, 3.8) is 0 Å². The molecule has 20 heavy (non-hydrogen) atoms. The van der Waals surface area contributed by atoms with Crippen molar-refractivity contribution in [3.05, 3.63) is 67.7 Å². The van der Waals surface area contributed by atoms with Crippen LogP contribution in [0.4, 0.5) is 0 Å². The molecule has 1 heterocycles. The number of carbonyl (C=O) groups excluding carboxylic acids is 2. The summed E-state index contributed by atoms with van der Waals surface area (Å²) in [6.45, 7) is 0.197. The first kappa shape index (κ1) is 13.6. The number of benzene rings is 2. The number of carbonyl (C=O) groups is 2. The van der Waals surface area contributed by atoms with Crippen LogP contribution in [-0.4, -0.2) is 16.7 Å². The molecule has 0 aromatic heterocycles. The summed E-state index contributed by atoms with van der Waals surface area (Å²) in [6.07, 6.45) is 0. The van der Waals surface area contributed by atoms with Gasteiger partial charge in [0.05, 0.1) is 17.7 Å². The number of halogens is 2. The van der Waals surface area contributed by atoms with E-state index < -0.39 is 0 Å². The molecule has 1 aliphatic heterocycles. The molecule has 5 heteroatoms. The summed E-state index contributed by atoms with van der Waals surface area (Å²) in [5.74, 6) is -0.515. The molecule has 2 aromatic rings. The highest BCUT2D eigenvalue weighted by Crippen LogP contribution is 2.29. The molecule has 2 aromatic carbocycles. The summed E-state index contributed by atoms with van der Waals surface area (Å²) in [4.78, 5) is 26.0. The molecule has 0 N–H and O–H groups in total. The van der Waals surface area contributed by atoms with Gasteiger partial charge in [0.15, 0.2) is 0 Å². The Kier molecular flexibility index (Phi) is 3.52. The number of hydrogen-bond acceptors (Lipinski definition) is 2. The molecule has 100 valence electrons. The van der Waals surface area contributed by atoms with E-state index in [1.807, 2.05) is 24.3 Å². The predicted octanol–water partition coefficient (Wildman–Crippen LogP) is 3.74. The van der Waals surface area contributed by atoms with Crippen LogP contribution < -0.4 is 0 Å². The van der Waals surface area contributed by atoms with Crippen LogP contribution in [0.1, 0.15) is 26.3 Å². The molecule has 0 saturated heterocycles. The molecule has 0 atom stereocenters. The van der Waals surface area contributed by atoms with Crippen molar-refractivity contribution in [3.8, 4) is 0 Å². The van der Waals surface area contributed by atoms with Gasteiger partial charge in [0.1, 0.15) is 0 Å². The first-order chi connectivity index (χ1) is 9.59. The average molecular weight is 398 g/mol. The molecular formula is C15H9ClINO2. The topological polar surface area (TPSA) is 37.4 Å². The van der Waals surface area contributed by atoms with E-state index in [2.05, 4.69) is 22.6 Å². The summed E-state index contributed by atoms with van der Waals surface area (Å²) in [7, 11) is 0. The number of hydrogen-bond donors (Lipinski definition) is 0. The summed E-state index contributed by atoms with van der Waals surface area (Å²) < 4.78 is 0.792. The minimum absolute atomic E-state index is 0.197. The molecule has 2 amide bonds. The minimum atomic E-state index is -0.261. The maximum absolute atomic E-state index is 12.4. The monoisotopic (exact) mass is 397 g/mol. The van der Waals surface area contributed by atoms with Gasteiger partial charge in [-0.05, 0) is 46.4 Å². The standard InChI is InChI=1S/C15H9ClINO2/c16-11-6-2-1-4-9(11)8-18-14(19)10-5-3-7-12(17)13(10)15(18)20/h1-7H,8H2. The highest BCUT2D eigenvalue weighted by Gasteiger charge is 2.37.